The van der Waals surface area contributed by atoms with Gasteiger partial charge in [-0.1, -0.05) is 71.9 Å². The van der Waals surface area contributed by atoms with Crippen LogP contribution in [0.15, 0.2) is 54.6 Å². The number of nitrogens with zero attached hydrogens (tertiary/aromatic N) is 1. The molecule has 0 fully saturated rings. The fourth-order valence-electron chi connectivity index (χ4n) is 2.86. The molecule has 0 aliphatic carbocycles. The second-order valence-corrected chi connectivity index (χ2v) is 8.94. The highest BCUT2D eigenvalue weighted by atomic mass is 35.5. The smallest absolute Gasteiger partial charge is 0.224 e. The van der Waals surface area contributed by atoms with Crippen molar-refractivity contribution in [3.8, 4) is 0 Å². The molecule has 0 aliphatic rings. The lowest BCUT2D eigenvalue weighted by Gasteiger charge is -2.31. The number of carbonyl (C=O) groups is 2. The largest absolute Gasteiger partial charge is 0.394 e. The zero-order valence-corrected chi connectivity index (χ0v) is 18.8. The zero-order valence-electron chi connectivity index (χ0n) is 16.4. The summed E-state index contributed by atoms with van der Waals surface area (Å²) < 4.78 is 0. The predicted molar refractivity (Wildman–Crippen MR) is 124 cm³/mol. The topological polar surface area (TPSA) is 57.6 Å². The summed E-state index contributed by atoms with van der Waals surface area (Å²) in [5.41, 5.74) is 1.48. The summed E-state index contributed by atoms with van der Waals surface area (Å²) >= 11 is 9.11. The van der Waals surface area contributed by atoms with Crippen LogP contribution in [0.3, 0.4) is 0 Å². The maximum absolute atomic E-state index is 13.0. The van der Waals surface area contributed by atoms with E-state index in [4.69, 9.17) is 11.6 Å². The van der Waals surface area contributed by atoms with Crippen LogP contribution in [0, 0.1) is 0 Å². The maximum Gasteiger partial charge on any atom is 0.224 e. The minimum atomic E-state index is -0.277. The highest BCUT2D eigenvalue weighted by molar-refractivity contribution is 8.14. The summed E-state index contributed by atoms with van der Waals surface area (Å²) in [5, 5.41) is 10.4. The number of aliphatic hydroxyl groups excluding tert-OH is 1. The first-order valence-corrected chi connectivity index (χ1v) is 12.2. The lowest BCUT2D eigenvalue weighted by molar-refractivity contribution is -0.134. The first-order chi connectivity index (χ1) is 14.1. The molecule has 2 aromatic carbocycles. The fraction of sp³-hybridized carbons (Fsp3) is 0.364. The van der Waals surface area contributed by atoms with Crippen LogP contribution >= 0.6 is 35.1 Å². The first-order valence-electron chi connectivity index (χ1n) is 9.41. The number of hydrogen-bond donors (Lipinski definition) is 1. The second kappa shape index (κ2) is 13.0. The van der Waals surface area contributed by atoms with Crippen molar-refractivity contribution >= 4 is 46.1 Å². The maximum atomic E-state index is 13.0. The molecule has 0 bridgehead atoms. The van der Waals surface area contributed by atoms with Gasteiger partial charge in [0.1, 0.15) is 0 Å². The van der Waals surface area contributed by atoms with Crippen LogP contribution in [0.5, 0.6) is 0 Å². The molecule has 7 heteroatoms. The standard InChI is InChI=1S/C22H26ClNO3S2/c1-28-13-11-19(16-25)24(15-18-9-5-6-10-20(18)23)21(26)12-14-29-22(27)17-7-3-2-4-8-17/h2-10,19,25H,11-16H2,1H3/t19-/m0/s1. The summed E-state index contributed by atoms with van der Waals surface area (Å²) in [6.45, 7) is 0.238. The van der Waals surface area contributed by atoms with Gasteiger partial charge in [0, 0.05) is 29.3 Å². The molecule has 29 heavy (non-hydrogen) atoms. The average Bonchev–Trinajstić information content (AvgIpc) is 2.75. The van der Waals surface area contributed by atoms with E-state index in [-0.39, 0.29) is 30.1 Å². The van der Waals surface area contributed by atoms with E-state index in [1.807, 2.05) is 42.7 Å². The zero-order chi connectivity index (χ0) is 21.1. The van der Waals surface area contributed by atoms with Crippen molar-refractivity contribution in [2.75, 3.05) is 24.4 Å². The van der Waals surface area contributed by atoms with Crippen molar-refractivity contribution < 1.29 is 14.7 Å². The van der Waals surface area contributed by atoms with Crippen LogP contribution < -0.4 is 0 Å². The molecular weight excluding hydrogens is 426 g/mol. The van der Waals surface area contributed by atoms with E-state index in [1.165, 1.54) is 0 Å². The monoisotopic (exact) mass is 451 g/mol. The number of aliphatic hydroxyl groups is 1. The third-order valence-electron chi connectivity index (χ3n) is 4.48. The molecule has 2 aromatic rings. The van der Waals surface area contributed by atoms with Gasteiger partial charge in [0.05, 0.1) is 12.6 Å². The van der Waals surface area contributed by atoms with Crippen LogP contribution in [-0.2, 0) is 11.3 Å². The molecule has 0 unspecified atom stereocenters. The molecule has 0 heterocycles. The van der Waals surface area contributed by atoms with Gasteiger partial charge >= 0.3 is 0 Å². The fourth-order valence-corrected chi connectivity index (χ4v) is 4.33. The predicted octanol–water partition coefficient (Wildman–Crippen LogP) is 4.75. The van der Waals surface area contributed by atoms with Crippen molar-refractivity contribution in [2.24, 2.45) is 0 Å². The van der Waals surface area contributed by atoms with Crippen LogP contribution in [-0.4, -0.2) is 51.4 Å². The van der Waals surface area contributed by atoms with E-state index in [0.717, 1.165) is 23.1 Å². The molecule has 0 spiro atoms. The quantitative estimate of drug-likeness (QED) is 0.534. The van der Waals surface area contributed by atoms with Gasteiger partial charge in [0.2, 0.25) is 11.0 Å². The first kappa shape index (κ1) is 23.8. The number of thioether (sulfide) groups is 2. The number of carbonyl (C=O) groups excluding carboxylic acids is 2. The van der Waals surface area contributed by atoms with E-state index in [9.17, 15) is 14.7 Å². The molecule has 0 aromatic heterocycles. The van der Waals surface area contributed by atoms with Crippen molar-refractivity contribution in [3.05, 3.63) is 70.7 Å². The highest BCUT2D eigenvalue weighted by Crippen LogP contribution is 2.21. The van der Waals surface area contributed by atoms with Gasteiger partial charge in [0.25, 0.3) is 0 Å². The Bertz CT molecular complexity index is 789. The molecule has 2 rings (SSSR count). The molecule has 1 atom stereocenters. The van der Waals surface area contributed by atoms with Gasteiger partial charge in [-0.2, -0.15) is 11.8 Å². The molecule has 1 N–H and O–H groups in total. The molecule has 156 valence electrons. The third kappa shape index (κ3) is 7.70. The summed E-state index contributed by atoms with van der Waals surface area (Å²) in [7, 11) is 0. The summed E-state index contributed by atoms with van der Waals surface area (Å²) in [6, 6.07) is 16.2. The minimum absolute atomic E-state index is 0.0443. The molecule has 0 radical (unpaired) electrons. The third-order valence-corrected chi connectivity index (χ3v) is 6.40. The Labute approximate surface area is 186 Å². The Morgan fingerprint density at radius 2 is 1.76 bits per heavy atom. The van der Waals surface area contributed by atoms with Gasteiger partial charge in [-0.05, 0) is 30.1 Å². The van der Waals surface area contributed by atoms with E-state index >= 15 is 0 Å². The number of hydrogen-bond acceptors (Lipinski definition) is 5. The van der Waals surface area contributed by atoms with Gasteiger partial charge in [-0.25, -0.2) is 0 Å². The lowest BCUT2D eigenvalue weighted by Crippen LogP contribution is -2.42. The Balaban J connectivity index is 2.03. The lowest BCUT2D eigenvalue weighted by atomic mass is 10.1. The van der Waals surface area contributed by atoms with E-state index in [1.54, 1.807) is 34.9 Å². The van der Waals surface area contributed by atoms with E-state index in [2.05, 4.69) is 0 Å². The van der Waals surface area contributed by atoms with Crippen LogP contribution in [0.1, 0.15) is 28.8 Å². The Morgan fingerprint density at radius 1 is 1.07 bits per heavy atom. The van der Waals surface area contributed by atoms with Crippen molar-refractivity contribution in [1.29, 1.82) is 0 Å². The summed E-state index contributed by atoms with van der Waals surface area (Å²) in [4.78, 5) is 26.9. The summed E-state index contributed by atoms with van der Waals surface area (Å²) in [5.74, 6) is 1.16. The van der Waals surface area contributed by atoms with Crippen LogP contribution in [0.2, 0.25) is 5.02 Å². The summed E-state index contributed by atoms with van der Waals surface area (Å²) in [6.07, 6.45) is 2.92. The SMILES string of the molecule is CSCC[C@@H](CO)N(Cc1ccccc1Cl)C(=O)CCSC(=O)c1ccccc1. The number of amides is 1. The van der Waals surface area contributed by atoms with Crippen molar-refractivity contribution in [2.45, 2.75) is 25.4 Å². The normalized spacial score (nSPS) is 11.8. The molecule has 0 saturated heterocycles. The highest BCUT2D eigenvalue weighted by Gasteiger charge is 2.24. The number of rotatable bonds is 11. The van der Waals surface area contributed by atoms with Gasteiger partial charge in [-0.15, -0.1) is 0 Å². The molecule has 0 saturated carbocycles. The molecular formula is C22H26ClNO3S2. The Kier molecular flexibility index (Phi) is 10.6. The van der Waals surface area contributed by atoms with E-state index in [0.29, 0.717) is 29.3 Å². The molecule has 0 aliphatic heterocycles. The minimum Gasteiger partial charge on any atom is -0.394 e. The molecule has 1 amide bonds. The van der Waals surface area contributed by atoms with E-state index < -0.39 is 0 Å². The van der Waals surface area contributed by atoms with Crippen molar-refractivity contribution in [3.63, 3.8) is 0 Å². The Morgan fingerprint density at radius 3 is 2.41 bits per heavy atom. The Hall–Kier alpha value is -1.47. The van der Waals surface area contributed by atoms with Crippen molar-refractivity contribution in [1.82, 2.24) is 4.90 Å². The second-order valence-electron chi connectivity index (χ2n) is 6.48. The molecule has 4 nitrogen and oxygen atoms in total. The number of halogens is 1. The van der Waals surface area contributed by atoms with Gasteiger partial charge in [0.15, 0.2) is 0 Å². The number of benzene rings is 2. The van der Waals surface area contributed by atoms with Crippen LogP contribution in [0.25, 0.3) is 0 Å². The van der Waals surface area contributed by atoms with Crippen LogP contribution in [0.4, 0.5) is 0 Å². The average molecular weight is 452 g/mol. The van der Waals surface area contributed by atoms with Gasteiger partial charge in [-0.3, -0.25) is 9.59 Å². The van der Waals surface area contributed by atoms with Gasteiger partial charge < -0.3 is 10.0 Å².